The van der Waals surface area contributed by atoms with Crippen LogP contribution >= 0.6 is 0 Å². The van der Waals surface area contributed by atoms with Gasteiger partial charge in [-0.3, -0.25) is 4.79 Å². The molecule has 1 fully saturated rings. The molecule has 7 nitrogen and oxygen atoms in total. The summed E-state index contributed by atoms with van der Waals surface area (Å²) in [6, 6.07) is 8.78. The zero-order valence-electron chi connectivity index (χ0n) is 16.2. The van der Waals surface area contributed by atoms with E-state index in [0.717, 1.165) is 12.0 Å². The van der Waals surface area contributed by atoms with Gasteiger partial charge in [-0.15, -0.1) is 0 Å². The first-order valence-corrected chi connectivity index (χ1v) is 10.8. The minimum Gasteiger partial charge on any atom is -0.379 e. The predicted molar refractivity (Wildman–Crippen MR) is 105 cm³/mol. The number of morpholine rings is 1. The van der Waals surface area contributed by atoms with Crippen molar-refractivity contribution < 1.29 is 22.5 Å². The summed E-state index contributed by atoms with van der Waals surface area (Å²) in [6.07, 6.45) is 4.67. The maximum absolute atomic E-state index is 12.8. The fourth-order valence-electron chi connectivity index (χ4n) is 3.02. The molecule has 0 unspecified atom stereocenters. The Labute approximate surface area is 166 Å². The smallest absolute Gasteiger partial charge is 0.290 e. The van der Waals surface area contributed by atoms with E-state index in [1.165, 1.54) is 15.9 Å². The number of rotatable bonds is 6. The number of pyridine rings is 1. The number of sulfonamides is 1. The Hall–Kier alpha value is -2.29. The molecular formula is C20H26N3O4S+. The number of aryl methyl sites for hydroxylation is 2. The van der Waals surface area contributed by atoms with Crippen molar-refractivity contribution in [3.05, 3.63) is 53.9 Å². The van der Waals surface area contributed by atoms with Crippen LogP contribution in [0.4, 0.5) is 5.69 Å². The molecule has 1 saturated heterocycles. The molecule has 1 amide bonds. The topological polar surface area (TPSA) is 79.6 Å². The van der Waals surface area contributed by atoms with Gasteiger partial charge in [0.15, 0.2) is 12.4 Å². The third-order valence-electron chi connectivity index (χ3n) is 4.79. The summed E-state index contributed by atoms with van der Waals surface area (Å²) >= 11 is 0. The first-order valence-electron chi connectivity index (χ1n) is 9.36. The number of aromatic nitrogens is 1. The summed E-state index contributed by atoms with van der Waals surface area (Å²) in [7, 11) is -3.61. The van der Waals surface area contributed by atoms with Gasteiger partial charge in [0.1, 0.15) is 0 Å². The van der Waals surface area contributed by atoms with Gasteiger partial charge in [0, 0.05) is 30.9 Å². The van der Waals surface area contributed by atoms with Gasteiger partial charge in [0.05, 0.1) is 18.1 Å². The molecule has 8 heteroatoms. The fourth-order valence-corrected chi connectivity index (χ4v) is 4.45. The number of nitrogens with zero attached hydrogens (tertiary/aromatic N) is 2. The Balaban J connectivity index is 1.74. The third-order valence-corrected chi connectivity index (χ3v) is 6.68. The van der Waals surface area contributed by atoms with Crippen LogP contribution in [0.3, 0.4) is 0 Å². The van der Waals surface area contributed by atoms with Crippen LogP contribution in [0.1, 0.15) is 18.1 Å². The van der Waals surface area contributed by atoms with Gasteiger partial charge in [-0.25, -0.2) is 8.42 Å². The van der Waals surface area contributed by atoms with Gasteiger partial charge >= 0.3 is 0 Å². The van der Waals surface area contributed by atoms with E-state index in [1.807, 2.05) is 31.5 Å². The molecule has 1 aliphatic rings. The van der Waals surface area contributed by atoms with Crippen molar-refractivity contribution in [3.63, 3.8) is 0 Å². The van der Waals surface area contributed by atoms with Crippen LogP contribution in [0.15, 0.2) is 47.6 Å². The number of hydrogen-bond donors (Lipinski definition) is 1. The van der Waals surface area contributed by atoms with E-state index in [0.29, 0.717) is 32.0 Å². The van der Waals surface area contributed by atoms with Crippen LogP contribution in [0.25, 0.3) is 0 Å². The van der Waals surface area contributed by atoms with Crippen LogP contribution in [0.5, 0.6) is 0 Å². The van der Waals surface area contributed by atoms with E-state index in [4.69, 9.17) is 4.74 Å². The zero-order chi connectivity index (χ0) is 20.1. The molecule has 0 bridgehead atoms. The molecule has 2 aromatic rings. The summed E-state index contributed by atoms with van der Waals surface area (Å²) < 4.78 is 34.1. The Kier molecular flexibility index (Phi) is 6.43. The molecule has 0 aliphatic carbocycles. The Morgan fingerprint density at radius 3 is 2.50 bits per heavy atom. The largest absolute Gasteiger partial charge is 0.379 e. The Bertz CT molecular complexity index is 936. The van der Waals surface area contributed by atoms with Gasteiger partial charge in [-0.2, -0.15) is 8.87 Å². The van der Waals surface area contributed by atoms with Crippen molar-refractivity contribution in [1.82, 2.24) is 4.31 Å². The number of nitrogens with one attached hydrogen (secondary N) is 1. The zero-order valence-corrected chi connectivity index (χ0v) is 17.0. The van der Waals surface area contributed by atoms with Crippen LogP contribution in [-0.4, -0.2) is 44.9 Å². The highest BCUT2D eigenvalue weighted by atomic mass is 32.2. The van der Waals surface area contributed by atoms with E-state index in [-0.39, 0.29) is 17.3 Å². The van der Waals surface area contributed by atoms with Crippen molar-refractivity contribution in [2.45, 2.75) is 31.7 Å². The highest BCUT2D eigenvalue weighted by Crippen LogP contribution is 2.23. The molecule has 0 radical (unpaired) electrons. The first-order chi connectivity index (χ1) is 13.4. The van der Waals surface area contributed by atoms with E-state index in [2.05, 4.69) is 12.2 Å². The molecule has 0 atom stereocenters. The van der Waals surface area contributed by atoms with E-state index in [9.17, 15) is 13.2 Å². The maximum atomic E-state index is 12.8. The third kappa shape index (κ3) is 4.76. The SMILES string of the molecule is CCc1cc[n+](CC(=O)Nc2cc(S(=O)(=O)N3CCOCC3)ccc2C)cc1. The number of ether oxygens (including phenoxy) is 1. The second-order valence-corrected chi connectivity index (χ2v) is 8.71. The van der Waals surface area contributed by atoms with Crippen molar-refractivity contribution in [2.75, 3.05) is 31.6 Å². The summed E-state index contributed by atoms with van der Waals surface area (Å²) in [4.78, 5) is 12.6. The minimum absolute atomic E-state index is 0.157. The van der Waals surface area contributed by atoms with Crippen molar-refractivity contribution >= 4 is 21.6 Å². The normalized spacial score (nSPS) is 15.4. The van der Waals surface area contributed by atoms with Crippen LogP contribution in [-0.2, 0) is 32.5 Å². The summed E-state index contributed by atoms with van der Waals surface area (Å²) in [5.41, 5.74) is 2.51. The summed E-state index contributed by atoms with van der Waals surface area (Å²) in [6.45, 7) is 5.52. The number of benzene rings is 1. The maximum Gasteiger partial charge on any atom is 0.290 e. The van der Waals surface area contributed by atoms with Crippen LogP contribution in [0, 0.1) is 6.92 Å². The highest BCUT2D eigenvalue weighted by molar-refractivity contribution is 7.89. The molecule has 28 heavy (non-hydrogen) atoms. The average molecular weight is 405 g/mol. The predicted octanol–water partition coefficient (Wildman–Crippen LogP) is 1.50. The molecule has 0 spiro atoms. The number of amides is 1. The lowest BCUT2D eigenvalue weighted by Gasteiger charge is -2.26. The lowest BCUT2D eigenvalue weighted by atomic mass is 10.2. The molecular weight excluding hydrogens is 378 g/mol. The lowest BCUT2D eigenvalue weighted by molar-refractivity contribution is -0.684. The number of carbonyl (C=O) groups is 1. The molecule has 2 heterocycles. The minimum atomic E-state index is -3.61. The molecule has 3 rings (SSSR count). The Morgan fingerprint density at radius 2 is 1.86 bits per heavy atom. The van der Waals surface area contributed by atoms with E-state index in [1.54, 1.807) is 16.7 Å². The second-order valence-electron chi connectivity index (χ2n) is 6.77. The average Bonchev–Trinajstić information content (AvgIpc) is 2.70. The van der Waals surface area contributed by atoms with E-state index >= 15 is 0 Å². The van der Waals surface area contributed by atoms with Gasteiger partial charge in [-0.1, -0.05) is 13.0 Å². The summed E-state index contributed by atoms with van der Waals surface area (Å²) in [5.74, 6) is -0.210. The van der Waals surface area contributed by atoms with Crippen LogP contribution in [0.2, 0.25) is 0 Å². The molecule has 1 aliphatic heterocycles. The number of anilines is 1. The van der Waals surface area contributed by atoms with Gasteiger partial charge in [-0.05, 0) is 36.6 Å². The molecule has 0 saturated carbocycles. The number of carbonyl (C=O) groups excluding carboxylic acids is 1. The van der Waals surface area contributed by atoms with Crippen molar-refractivity contribution in [3.8, 4) is 0 Å². The summed E-state index contributed by atoms with van der Waals surface area (Å²) in [5, 5.41) is 2.84. The molecule has 1 aromatic heterocycles. The number of hydrogen-bond acceptors (Lipinski definition) is 4. The van der Waals surface area contributed by atoms with Gasteiger partial charge < -0.3 is 10.1 Å². The van der Waals surface area contributed by atoms with E-state index < -0.39 is 10.0 Å². The first kappa shape index (κ1) is 20.4. The van der Waals surface area contributed by atoms with Gasteiger partial charge in [0.2, 0.25) is 16.6 Å². The van der Waals surface area contributed by atoms with Gasteiger partial charge in [0.25, 0.3) is 5.91 Å². The van der Waals surface area contributed by atoms with Crippen LogP contribution < -0.4 is 9.88 Å². The Morgan fingerprint density at radius 1 is 1.18 bits per heavy atom. The lowest BCUT2D eigenvalue weighted by Crippen LogP contribution is -2.40. The molecule has 1 aromatic carbocycles. The molecule has 1 N–H and O–H groups in total. The standard InChI is InChI=1S/C20H25N3O4S/c1-3-17-6-8-22(9-7-17)15-20(24)21-19-14-18(5-4-16(19)2)28(25,26)23-10-12-27-13-11-23/h4-9,14H,3,10-13,15H2,1-2H3/p+1. The van der Waals surface area contributed by atoms with Crippen molar-refractivity contribution in [1.29, 1.82) is 0 Å². The van der Waals surface area contributed by atoms with Crippen molar-refractivity contribution in [2.24, 2.45) is 0 Å². The second kappa shape index (κ2) is 8.81. The fraction of sp³-hybridized carbons (Fsp3) is 0.400. The monoisotopic (exact) mass is 404 g/mol. The molecule has 150 valence electrons. The quantitative estimate of drug-likeness (QED) is 0.740. The highest BCUT2D eigenvalue weighted by Gasteiger charge is 2.27.